The molecule has 0 aliphatic rings. The van der Waals surface area contributed by atoms with Crippen molar-refractivity contribution < 1.29 is 4.74 Å². The number of rotatable bonds is 5. The third-order valence-corrected chi connectivity index (χ3v) is 4.25. The second kappa shape index (κ2) is 6.78. The van der Waals surface area contributed by atoms with Crippen molar-refractivity contribution in [2.45, 2.75) is 11.6 Å². The molecule has 0 aliphatic carbocycles. The first kappa shape index (κ1) is 15.5. The van der Waals surface area contributed by atoms with Crippen molar-refractivity contribution >= 4 is 0 Å². The molecule has 1 unspecified atom stereocenters. The van der Waals surface area contributed by atoms with Crippen LogP contribution >= 0.6 is 0 Å². The SMILES string of the molecule is COC(c1ccccc1)C(N)(c1ccccc1)c1ccccc1. The molecular weight excluding hydrogens is 282 g/mol. The zero-order chi connectivity index (χ0) is 16.1. The largest absolute Gasteiger partial charge is 0.374 e. The molecule has 0 heterocycles. The molecule has 2 N–H and O–H groups in total. The lowest BCUT2D eigenvalue weighted by Crippen LogP contribution is -2.44. The zero-order valence-corrected chi connectivity index (χ0v) is 13.2. The van der Waals surface area contributed by atoms with Crippen molar-refractivity contribution in [3.63, 3.8) is 0 Å². The van der Waals surface area contributed by atoms with Gasteiger partial charge in [-0.1, -0.05) is 91.0 Å². The van der Waals surface area contributed by atoms with Gasteiger partial charge in [0.05, 0.1) is 5.54 Å². The van der Waals surface area contributed by atoms with Crippen molar-refractivity contribution in [1.82, 2.24) is 0 Å². The van der Waals surface area contributed by atoms with Crippen molar-refractivity contribution in [2.75, 3.05) is 7.11 Å². The smallest absolute Gasteiger partial charge is 0.108 e. The van der Waals surface area contributed by atoms with Crippen molar-refractivity contribution in [1.29, 1.82) is 0 Å². The molecule has 0 aliphatic heterocycles. The highest BCUT2D eigenvalue weighted by Gasteiger charge is 2.39. The van der Waals surface area contributed by atoms with Gasteiger partial charge in [-0.25, -0.2) is 0 Å². The molecule has 0 fully saturated rings. The molecule has 0 radical (unpaired) electrons. The average molecular weight is 303 g/mol. The van der Waals surface area contributed by atoms with Crippen LogP contribution in [0.15, 0.2) is 91.0 Å². The summed E-state index contributed by atoms with van der Waals surface area (Å²) >= 11 is 0. The van der Waals surface area contributed by atoms with E-state index in [1.165, 1.54) is 0 Å². The first-order chi connectivity index (χ1) is 11.3. The van der Waals surface area contributed by atoms with E-state index in [-0.39, 0.29) is 6.10 Å². The maximum Gasteiger partial charge on any atom is 0.108 e. The van der Waals surface area contributed by atoms with Crippen LogP contribution < -0.4 is 5.73 Å². The van der Waals surface area contributed by atoms with Gasteiger partial charge in [-0.05, 0) is 16.7 Å². The summed E-state index contributed by atoms with van der Waals surface area (Å²) < 4.78 is 5.89. The van der Waals surface area contributed by atoms with E-state index >= 15 is 0 Å². The molecule has 116 valence electrons. The molecule has 3 aromatic carbocycles. The van der Waals surface area contributed by atoms with Gasteiger partial charge in [0.1, 0.15) is 6.10 Å². The highest BCUT2D eigenvalue weighted by atomic mass is 16.5. The van der Waals surface area contributed by atoms with E-state index in [0.717, 1.165) is 16.7 Å². The van der Waals surface area contributed by atoms with Gasteiger partial charge >= 0.3 is 0 Å². The van der Waals surface area contributed by atoms with Crippen LogP contribution in [-0.2, 0) is 10.3 Å². The van der Waals surface area contributed by atoms with Crippen molar-refractivity contribution in [2.24, 2.45) is 5.73 Å². The fraction of sp³-hybridized carbons (Fsp3) is 0.143. The summed E-state index contributed by atoms with van der Waals surface area (Å²) in [5.74, 6) is 0. The van der Waals surface area contributed by atoms with E-state index in [1.807, 2.05) is 54.6 Å². The Balaban J connectivity index is 2.19. The molecule has 0 bridgehead atoms. The summed E-state index contributed by atoms with van der Waals surface area (Å²) in [6, 6.07) is 30.4. The monoisotopic (exact) mass is 303 g/mol. The van der Waals surface area contributed by atoms with Crippen LogP contribution in [0.25, 0.3) is 0 Å². The lowest BCUT2D eigenvalue weighted by atomic mass is 9.76. The van der Waals surface area contributed by atoms with E-state index < -0.39 is 5.54 Å². The normalized spacial score (nSPS) is 12.8. The van der Waals surface area contributed by atoms with Gasteiger partial charge in [0, 0.05) is 7.11 Å². The molecule has 0 saturated carbocycles. The minimum atomic E-state index is -0.765. The van der Waals surface area contributed by atoms with Crippen LogP contribution in [0.5, 0.6) is 0 Å². The third-order valence-electron chi connectivity index (χ3n) is 4.25. The summed E-state index contributed by atoms with van der Waals surface area (Å²) in [5, 5.41) is 0. The van der Waals surface area contributed by atoms with Gasteiger partial charge in [-0.2, -0.15) is 0 Å². The first-order valence-corrected chi connectivity index (χ1v) is 7.74. The number of hydrogen-bond acceptors (Lipinski definition) is 2. The van der Waals surface area contributed by atoms with E-state index in [9.17, 15) is 0 Å². The van der Waals surface area contributed by atoms with E-state index in [1.54, 1.807) is 7.11 Å². The molecule has 3 rings (SSSR count). The summed E-state index contributed by atoms with van der Waals surface area (Å²) in [6.45, 7) is 0. The number of benzene rings is 3. The Morgan fingerprint density at radius 1 is 0.696 bits per heavy atom. The van der Waals surface area contributed by atoms with Crippen LogP contribution in [0.4, 0.5) is 0 Å². The molecule has 0 aromatic heterocycles. The number of hydrogen-bond donors (Lipinski definition) is 1. The molecule has 2 heteroatoms. The maximum atomic E-state index is 7.00. The van der Waals surface area contributed by atoms with Crippen LogP contribution in [0.1, 0.15) is 22.8 Å². The number of methoxy groups -OCH3 is 1. The molecule has 23 heavy (non-hydrogen) atoms. The predicted molar refractivity (Wildman–Crippen MR) is 94.0 cm³/mol. The summed E-state index contributed by atoms with van der Waals surface area (Å²) in [7, 11) is 1.71. The Morgan fingerprint density at radius 2 is 1.09 bits per heavy atom. The molecular formula is C21H21NO. The van der Waals surface area contributed by atoms with Gasteiger partial charge in [-0.3, -0.25) is 0 Å². The summed E-state index contributed by atoms with van der Waals surface area (Å²) in [4.78, 5) is 0. The number of ether oxygens (including phenoxy) is 1. The van der Waals surface area contributed by atoms with Gasteiger partial charge in [0.15, 0.2) is 0 Å². The Bertz CT molecular complexity index is 686. The van der Waals surface area contributed by atoms with Gasteiger partial charge in [0.25, 0.3) is 0 Å². The molecule has 1 atom stereocenters. The lowest BCUT2D eigenvalue weighted by Gasteiger charge is -2.38. The van der Waals surface area contributed by atoms with Crippen molar-refractivity contribution in [3.8, 4) is 0 Å². The topological polar surface area (TPSA) is 35.2 Å². The molecule has 0 amide bonds. The van der Waals surface area contributed by atoms with E-state index in [4.69, 9.17) is 10.5 Å². The Kier molecular flexibility index (Phi) is 4.56. The molecule has 0 spiro atoms. The van der Waals surface area contributed by atoms with Crippen LogP contribution in [0.3, 0.4) is 0 Å². The highest BCUT2D eigenvalue weighted by molar-refractivity contribution is 5.42. The van der Waals surface area contributed by atoms with Crippen LogP contribution in [0, 0.1) is 0 Å². The minimum absolute atomic E-state index is 0.284. The fourth-order valence-electron chi connectivity index (χ4n) is 3.11. The molecule has 2 nitrogen and oxygen atoms in total. The number of nitrogens with two attached hydrogens (primary N) is 1. The Hall–Kier alpha value is -2.42. The first-order valence-electron chi connectivity index (χ1n) is 7.74. The van der Waals surface area contributed by atoms with Gasteiger partial charge in [0.2, 0.25) is 0 Å². The van der Waals surface area contributed by atoms with E-state index in [0.29, 0.717) is 0 Å². The highest BCUT2D eigenvalue weighted by Crippen LogP contribution is 2.40. The second-order valence-electron chi connectivity index (χ2n) is 5.63. The Morgan fingerprint density at radius 3 is 1.48 bits per heavy atom. The summed E-state index contributed by atoms with van der Waals surface area (Å²) in [6.07, 6.45) is -0.284. The maximum absolute atomic E-state index is 7.00. The third kappa shape index (κ3) is 2.91. The lowest BCUT2D eigenvalue weighted by molar-refractivity contribution is 0.0486. The van der Waals surface area contributed by atoms with Crippen molar-refractivity contribution in [3.05, 3.63) is 108 Å². The predicted octanol–water partition coefficient (Wildman–Crippen LogP) is 4.28. The molecule has 3 aromatic rings. The van der Waals surface area contributed by atoms with E-state index in [2.05, 4.69) is 36.4 Å². The van der Waals surface area contributed by atoms with Gasteiger partial charge < -0.3 is 10.5 Å². The van der Waals surface area contributed by atoms with Crippen LogP contribution in [-0.4, -0.2) is 7.11 Å². The van der Waals surface area contributed by atoms with Gasteiger partial charge in [-0.15, -0.1) is 0 Å². The quantitative estimate of drug-likeness (QED) is 0.763. The zero-order valence-electron chi connectivity index (χ0n) is 13.2. The average Bonchev–Trinajstić information content (AvgIpc) is 2.64. The standard InChI is InChI=1S/C21H21NO/c1-23-20(17-11-5-2-6-12-17)21(22,18-13-7-3-8-14-18)19-15-9-4-10-16-19/h2-16,20H,22H2,1H3. The second-order valence-corrected chi connectivity index (χ2v) is 5.63. The van der Waals surface area contributed by atoms with Crippen LogP contribution in [0.2, 0.25) is 0 Å². The molecule has 0 saturated heterocycles. The fourth-order valence-corrected chi connectivity index (χ4v) is 3.11. The Labute approximate surface area is 137 Å². The minimum Gasteiger partial charge on any atom is -0.374 e. The summed E-state index contributed by atoms with van der Waals surface area (Å²) in [5.41, 5.74) is 9.36.